The Bertz CT molecular complexity index is 944. The summed E-state index contributed by atoms with van der Waals surface area (Å²) in [5.41, 5.74) is 3.64. The summed E-state index contributed by atoms with van der Waals surface area (Å²) in [4.78, 5) is 10.7. The average Bonchev–Trinajstić information content (AvgIpc) is 2.69. The van der Waals surface area contributed by atoms with E-state index in [1.165, 1.54) is 23.8 Å². The van der Waals surface area contributed by atoms with Crippen molar-refractivity contribution in [1.29, 1.82) is 0 Å². The van der Waals surface area contributed by atoms with Crippen molar-refractivity contribution in [3.8, 4) is 5.75 Å². The van der Waals surface area contributed by atoms with Crippen molar-refractivity contribution in [3.63, 3.8) is 0 Å². The van der Waals surface area contributed by atoms with Gasteiger partial charge in [-0.15, -0.1) is 0 Å². The number of halogens is 1. The molecule has 0 saturated carbocycles. The Labute approximate surface area is 176 Å². The molecule has 0 saturated heterocycles. The van der Waals surface area contributed by atoms with Gasteiger partial charge in [0.2, 0.25) is 0 Å². The Morgan fingerprint density at radius 1 is 0.964 bits per heavy atom. The van der Waals surface area contributed by atoms with Crippen LogP contribution in [0.5, 0.6) is 5.75 Å². The smallest absolute Gasteiger partial charge is 0.358 e. The summed E-state index contributed by atoms with van der Waals surface area (Å²) in [5, 5.41) is 8.75. The molecule has 0 aliphatic rings. The highest BCUT2D eigenvalue weighted by atomic mass is 127. The van der Waals surface area contributed by atoms with Gasteiger partial charge in [-0.2, -0.15) is 0 Å². The van der Waals surface area contributed by atoms with Crippen LogP contribution in [-0.2, 0) is 10.2 Å². The monoisotopic (exact) mass is 487 g/mol. The van der Waals surface area contributed by atoms with E-state index in [1.807, 2.05) is 24.3 Å². The third kappa shape index (κ3) is 4.93. The van der Waals surface area contributed by atoms with Gasteiger partial charge in [-0.05, 0) is 42.8 Å². The van der Waals surface area contributed by atoms with E-state index in [1.54, 1.807) is 0 Å². The lowest BCUT2D eigenvalue weighted by atomic mass is 9.78. The number of ether oxygens (including phenoxy) is 1. The van der Waals surface area contributed by atoms with Crippen molar-refractivity contribution in [2.45, 2.75) is 26.2 Å². The number of benzene rings is 3. The van der Waals surface area contributed by atoms with Gasteiger partial charge in [-0.25, -0.2) is 4.79 Å². The van der Waals surface area contributed by atoms with Gasteiger partial charge >= 0.3 is 27.2 Å². The molecule has 0 unspecified atom stereocenters. The summed E-state index contributed by atoms with van der Waals surface area (Å²) >= 11 is -0.274. The fourth-order valence-corrected chi connectivity index (χ4v) is 5.95. The predicted octanol–water partition coefficient (Wildman–Crippen LogP) is 1.91. The topological polar surface area (TPSA) is 46.5 Å². The Morgan fingerprint density at radius 2 is 1.61 bits per heavy atom. The molecule has 3 aromatic rings. The van der Waals surface area contributed by atoms with E-state index in [0.29, 0.717) is 5.75 Å². The molecule has 0 amide bonds. The van der Waals surface area contributed by atoms with Crippen LogP contribution >= 0.6 is 0 Å². The standard InChI is InChI=1S/C24H23IO3/c1-17-8-12-19(13-9-17)25-22-7-5-4-6-21(22)24(2,3)18-10-14-20(15-11-18)28-16-23(26)27/h4-15H,16H2,1-3H3/p+1. The maximum atomic E-state index is 10.7. The first-order chi connectivity index (χ1) is 13.4. The van der Waals surface area contributed by atoms with Crippen LogP contribution in [0.15, 0.2) is 72.8 Å². The minimum atomic E-state index is -0.974. The molecule has 4 heteroatoms. The molecule has 0 heterocycles. The van der Waals surface area contributed by atoms with Crippen molar-refractivity contribution in [3.05, 3.63) is 96.6 Å². The molecule has 0 atom stereocenters. The number of aliphatic carboxylic acids is 1. The van der Waals surface area contributed by atoms with Crippen LogP contribution in [0, 0.1) is 14.1 Å². The van der Waals surface area contributed by atoms with Crippen molar-refractivity contribution in [2.24, 2.45) is 0 Å². The number of carboxylic acid groups (broad SMARTS) is 1. The minimum absolute atomic E-state index is 0.160. The second-order valence-corrected chi connectivity index (χ2v) is 10.1. The van der Waals surface area contributed by atoms with Crippen LogP contribution < -0.4 is 25.9 Å². The maximum Gasteiger partial charge on any atom is 0.358 e. The maximum absolute atomic E-state index is 10.7. The van der Waals surface area contributed by atoms with E-state index in [0.717, 1.165) is 0 Å². The molecule has 3 nitrogen and oxygen atoms in total. The molecule has 0 spiro atoms. The van der Waals surface area contributed by atoms with Crippen molar-refractivity contribution in [2.75, 3.05) is 6.61 Å². The first-order valence-electron chi connectivity index (χ1n) is 9.12. The highest BCUT2D eigenvalue weighted by Gasteiger charge is 2.31. The van der Waals surface area contributed by atoms with E-state index >= 15 is 0 Å². The van der Waals surface area contributed by atoms with E-state index in [2.05, 4.69) is 69.3 Å². The van der Waals surface area contributed by atoms with Gasteiger partial charge < -0.3 is 9.84 Å². The largest absolute Gasteiger partial charge is 0.482 e. The summed E-state index contributed by atoms with van der Waals surface area (Å²) in [6.45, 7) is 6.26. The molecule has 0 fully saturated rings. The zero-order chi connectivity index (χ0) is 20.1. The summed E-state index contributed by atoms with van der Waals surface area (Å²) in [5.74, 6) is -0.402. The van der Waals surface area contributed by atoms with E-state index in [-0.39, 0.29) is 33.2 Å². The third-order valence-corrected chi connectivity index (χ3v) is 7.57. The fourth-order valence-electron chi connectivity index (χ4n) is 3.03. The number of hydrogen-bond donors (Lipinski definition) is 1. The molecule has 3 aromatic carbocycles. The van der Waals surface area contributed by atoms with Gasteiger partial charge in [0.05, 0.1) is 0 Å². The van der Waals surface area contributed by atoms with Gasteiger partial charge in [-0.3, -0.25) is 0 Å². The predicted molar refractivity (Wildman–Crippen MR) is 107 cm³/mol. The summed E-state index contributed by atoms with van der Waals surface area (Å²) < 4.78 is 8.08. The first kappa shape index (κ1) is 20.4. The SMILES string of the molecule is Cc1ccc([I+]c2ccccc2C(C)(C)c2ccc(OCC(=O)O)cc2)cc1. The molecule has 28 heavy (non-hydrogen) atoms. The number of carbonyl (C=O) groups is 1. The zero-order valence-electron chi connectivity index (χ0n) is 16.3. The first-order valence-corrected chi connectivity index (χ1v) is 11.3. The van der Waals surface area contributed by atoms with Crippen molar-refractivity contribution in [1.82, 2.24) is 0 Å². The Balaban J connectivity index is 1.87. The van der Waals surface area contributed by atoms with Gasteiger partial charge in [0.15, 0.2) is 13.7 Å². The van der Waals surface area contributed by atoms with Gasteiger partial charge in [0.25, 0.3) is 0 Å². The number of hydrogen-bond acceptors (Lipinski definition) is 2. The molecule has 144 valence electrons. The Hall–Kier alpha value is -2.34. The molecule has 0 bridgehead atoms. The lowest BCUT2D eigenvalue weighted by molar-refractivity contribution is -0.598. The van der Waals surface area contributed by atoms with Crippen LogP contribution in [0.4, 0.5) is 0 Å². The third-order valence-electron chi connectivity index (χ3n) is 4.71. The minimum Gasteiger partial charge on any atom is -0.482 e. The molecular weight excluding hydrogens is 463 g/mol. The highest BCUT2D eigenvalue weighted by Crippen LogP contribution is 2.32. The highest BCUT2D eigenvalue weighted by molar-refractivity contribution is 5.68. The van der Waals surface area contributed by atoms with Crippen molar-refractivity contribution < 1.29 is 35.8 Å². The fraction of sp³-hybridized carbons (Fsp3) is 0.208. The summed E-state index contributed by atoms with van der Waals surface area (Å²) in [6.07, 6.45) is 0. The molecule has 3 rings (SSSR count). The van der Waals surface area contributed by atoms with Crippen LogP contribution in [0.3, 0.4) is 0 Å². The van der Waals surface area contributed by atoms with E-state index in [4.69, 9.17) is 9.84 Å². The average molecular weight is 487 g/mol. The lowest BCUT2D eigenvalue weighted by Crippen LogP contribution is -3.61. The second-order valence-electron chi connectivity index (χ2n) is 7.20. The van der Waals surface area contributed by atoms with Crippen LogP contribution in [0.25, 0.3) is 0 Å². The molecule has 0 aliphatic carbocycles. The number of aryl methyl sites for hydroxylation is 1. The van der Waals surface area contributed by atoms with Crippen LogP contribution in [0.1, 0.15) is 30.5 Å². The quantitative estimate of drug-likeness (QED) is 0.519. The molecule has 0 aliphatic heterocycles. The van der Waals surface area contributed by atoms with Gasteiger partial charge in [0, 0.05) is 11.0 Å². The number of carboxylic acids is 1. The Kier molecular flexibility index (Phi) is 6.39. The second kappa shape index (κ2) is 8.78. The Morgan fingerprint density at radius 3 is 2.25 bits per heavy atom. The van der Waals surface area contributed by atoms with Crippen molar-refractivity contribution >= 4 is 5.97 Å². The molecule has 1 N–H and O–H groups in total. The van der Waals surface area contributed by atoms with Crippen LogP contribution in [-0.4, -0.2) is 17.7 Å². The van der Waals surface area contributed by atoms with E-state index in [9.17, 15) is 4.79 Å². The summed E-state index contributed by atoms with van der Waals surface area (Å²) in [6, 6.07) is 25.3. The van der Waals surface area contributed by atoms with E-state index < -0.39 is 5.97 Å². The van der Waals surface area contributed by atoms with Gasteiger partial charge in [0.1, 0.15) is 5.75 Å². The normalized spacial score (nSPS) is 11.2. The summed E-state index contributed by atoms with van der Waals surface area (Å²) in [7, 11) is 0. The lowest BCUT2D eigenvalue weighted by Gasteiger charge is -2.26. The molecule has 0 radical (unpaired) electrons. The zero-order valence-corrected chi connectivity index (χ0v) is 18.4. The van der Waals surface area contributed by atoms with Crippen LogP contribution in [0.2, 0.25) is 0 Å². The molecule has 0 aromatic heterocycles. The van der Waals surface area contributed by atoms with Gasteiger partial charge in [-0.1, -0.05) is 61.9 Å². The molecular formula is C24H24IO3+. The number of rotatable bonds is 7.